The summed E-state index contributed by atoms with van der Waals surface area (Å²) >= 11 is 5.64. The van der Waals surface area contributed by atoms with Crippen LogP contribution in [0, 0.1) is 0 Å². The zero-order valence-electron chi connectivity index (χ0n) is 11.0. The highest BCUT2D eigenvalue weighted by Crippen LogP contribution is 2.09. The summed E-state index contributed by atoms with van der Waals surface area (Å²) in [5, 5.41) is 5.44. The van der Waals surface area contributed by atoms with Crippen LogP contribution in [0.4, 0.5) is 11.4 Å². The van der Waals surface area contributed by atoms with E-state index in [4.69, 9.17) is 17.3 Å². The Balaban J connectivity index is 1.84. The van der Waals surface area contributed by atoms with Gasteiger partial charge in [0.25, 0.3) is 5.91 Å². The quantitative estimate of drug-likeness (QED) is 0.591. The molecular weight excluding hydrogens is 292 g/mol. The number of hydrogen-bond acceptors (Lipinski definition) is 4. The number of nitrogen functional groups attached to an aromatic ring is 1. The van der Waals surface area contributed by atoms with Crippen molar-refractivity contribution in [2.75, 3.05) is 17.6 Å². The maximum absolute atomic E-state index is 11.8. The molecule has 108 valence electrons. The molecule has 0 aliphatic carbocycles. The third-order valence-electron chi connectivity index (χ3n) is 2.59. The van der Waals surface area contributed by atoms with E-state index in [9.17, 15) is 9.59 Å². The lowest BCUT2D eigenvalue weighted by Gasteiger charge is -2.07. The second-order valence-electron chi connectivity index (χ2n) is 4.22. The van der Waals surface area contributed by atoms with Gasteiger partial charge in [-0.2, -0.15) is 0 Å². The molecule has 0 atom stereocenters. The second kappa shape index (κ2) is 6.71. The Labute approximate surface area is 126 Å². The largest absolute Gasteiger partial charge is 0.399 e. The molecule has 0 saturated carbocycles. The summed E-state index contributed by atoms with van der Waals surface area (Å²) in [4.78, 5) is 27.3. The monoisotopic (exact) mass is 304 g/mol. The number of anilines is 2. The van der Waals surface area contributed by atoms with E-state index in [0.717, 1.165) is 0 Å². The van der Waals surface area contributed by atoms with Gasteiger partial charge < -0.3 is 16.4 Å². The van der Waals surface area contributed by atoms with Crippen LogP contribution >= 0.6 is 11.6 Å². The predicted octanol–water partition coefficient (Wildman–Crippen LogP) is 1.69. The van der Waals surface area contributed by atoms with E-state index in [1.165, 1.54) is 6.20 Å². The Bertz CT molecular complexity index is 641. The highest BCUT2D eigenvalue weighted by molar-refractivity contribution is 6.29. The number of nitrogens with one attached hydrogen (secondary N) is 2. The molecule has 1 aromatic carbocycles. The molecule has 0 fully saturated rings. The number of amides is 2. The molecule has 0 saturated heterocycles. The van der Waals surface area contributed by atoms with Crippen molar-refractivity contribution < 1.29 is 9.59 Å². The highest BCUT2D eigenvalue weighted by atomic mass is 35.5. The number of hydrogen-bond donors (Lipinski definition) is 3. The van der Waals surface area contributed by atoms with E-state index in [1.807, 2.05) is 0 Å². The van der Waals surface area contributed by atoms with Crippen LogP contribution in [0.5, 0.6) is 0 Å². The third-order valence-corrected chi connectivity index (χ3v) is 2.82. The zero-order chi connectivity index (χ0) is 15.2. The number of aromatic nitrogens is 1. The topological polar surface area (TPSA) is 97.1 Å². The van der Waals surface area contributed by atoms with E-state index in [1.54, 1.807) is 36.4 Å². The van der Waals surface area contributed by atoms with Crippen LogP contribution in [0.15, 0.2) is 42.6 Å². The summed E-state index contributed by atoms with van der Waals surface area (Å²) in [6.07, 6.45) is 1.43. The SMILES string of the molecule is Nc1ccc(C(=O)NCC(=O)Nc2ccc(Cl)nc2)cc1. The minimum atomic E-state index is -0.358. The number of carbonyl (C=O) groups excluding carboxylic acids is 2. The van der Waals surface area contributed by atoms with Gasteiger partial charge in [0.2, 0.25) is 5.91 Å². The molecule has 2 rings (SSSR count). The van der Waals surface area contributed by atoms with Gasteiger partial charge in [0, 0.05) is 11.3 Å². The molecule has 0 aliphatic heterocycles. The third kappa shape index (κ3) is 4.47. The molecule has 21 heavy (non-hydrogen) atoms. The smallest absolute Gasteiger partial charge is 0.251 e. The molecule has 0 unspecified atom stereocenters. The molecule has 0 bridgehead atoms. The van der Waals surface area contributed by atoms with Crippen LogP contribution < -0.4 is 16.4 Å². The molecule has 1 heterocycles. The molecule has 2 amide bonds. The first-order valence-electron chi connectivity index (χ1n) is 6.10. The summed E-state index contributed by atoms with van der Waals surface area (Å²) in [7, 11) is 0. The van der Waals surface area contributed by atoms with E-state index in [0.29, 0.717) is 22.1 Å². The lowest BCUT2D eigenvalue weighted by molar-refractivity contribution is -0.115. The summed E-state index contributed by atoms with van der Waals surface area (Å²) in [6, 6.07) is 9.60. The molecule has 0 spiro atoms. The summed E-state index contributed by atoms with van der Waals surface area (Å²) in [5.74, 6) is -0.706. The molecule has 0 radical (unpaired) electrons. The van der Waals surface area contributed by atoms with Crippen molar-refractivity contribution in [3.05, 3.63) is 53.3 Å². The van der Waals surface area contributed by atoms with Crippen molar-refractivity contribution in [2.45, 2.75) is 0 Å². The van der Waals surface area contributed by atoms with Gasteiger partial charge in [-0.15, -0.1) is 0 Å². The zero-order valence-corrected chi connectivity index (χ0v) is 11.7. The maximum atomic E-state index is 11.8. The number of rotatable bonds is 4. The molecule has 7 heteroatoms. The van der Waals surface area contributed by atoms with Crippen molar-refractivity contribution in [1.29, 1.82) is 0 Å². The van der Waals surface area contributed by atoms with Crippen LogP contribution in [-0.2, 0) is 4.79 Å². The lowest BCUT2D eigenvalue weighted by Crippen LogP contribution is -2.32. The maximum Gasteiger partial charge on any atom is 0.251 e. The van der Waals surface area contributed by atoms with Gasteiger partial charge in [-0.3, -0.25) is 9.59 Å². The van der Waals surface area contributed by atoms with Crippen LogP contribution in [-0.4, -0.2) is 23.3 Å². The fourth-order valence-corrected chi connectivity index (χ4v) is 1.66. The molecule has 4 N–H and O–H groups in total. The Hall–Kier alpha value is -2.60. The van der Waals surface area contributed by atoms with Crippen molar-refractivity contribution in [1.82, 2.24) is 10.3 Å². The average Bonchev–Trinajstić information content (AvgIpc) is 2.48. The first-order chi connectivity index (χ1) is 10.0. The van der Waals surface area contributed by atoms with Crippen molar-refractivity contribution in [3.8, 4) is 0 Å². The number of nitrogens with two attached hydrogens (primary N) is 1. The van der Waals surface area contributed by atoms with Gasteiger partial charge in [-0.1, -0.05) is 11.6 Å². The van der Waals surface area contributed by atoms with Crippen molar-refractivity contribution in [2.24, 2.45) is 0 Å². The van der Waals surface area contributed by atoms with E-state index in [2.05, 4.69) is 15.6 Å². The Morgan fingerprint density at radius 2 is 1.86 bits per heavy atom. The summed E-state index contributed by atoms with van der Waals surface area (Å²) in [5.41, 5.74) is 7.04. The number of benzene rings is 1. The number of halogens is 1. The van der Waals surface area contributed by atoms with Crippen LogP contribution in [0.3, 0.4) is 0 Å². The minimum Gasteiger partial charge on any atom is -0.399 e. The van der Waals surface area contributed by atoms with Crippen LogP contribution in [0.25, 0.3) is 0 Å². The molecule has 2 aromatic rings. The minimum absolute atomic E-state index is 0.147. The highest BCUT2D eigenvalue weighted by Gasteiger charge is 2.08. The van der Waals surface area contributed by atoms with Gasteiger partial charge in [0.05, 0.1) is 18.4 Å². The van der Waals surface area contributed by atoms with Gasteiger partial charge in [-0.25, -0.2) is 4.98 Å². The Morgan fingerprint density at radius 1 is 1.14 bits per heavy atom. The predicted molar refractivity (Wildman–Crippen MR) is 81.1 cm³/mol. The summed E-state index contributed by atoms with van der Waals surface area (Å²) in [6.45, 7) is -0.147. The molecule has 1 aromatic heterocycles. The van der Waals surface area contributed by atoms with E-state index < -0.39 is 0 Å². The van der Waals surface area contributed by atoms with Crippen molar-refractivity contribution in [3.63, 3.8) is 0 Å². The van der Waals surface area contributed by atoms with Gasteiger partial charge in [0.1, 0.15) is 5.15 Å². The van der Waals surface area contributed by atoms with Crippen molar-refractivity contribution >= 4 is 34.8 Å². The first-order valence-corrected chi connectivity index (χ1v) is 6.47. The van der Waals surface area contributed by atoms with E-state index >= 15 is 0 Å². The standard InChI is InChI=1S/C14H13ClN4O2/c15-12-6-5-11(7-17-12)19-13(20)8-18-14(21)9-1-3-10(16)4-2-9/h1-7H,8,16H2,(H,18,21)(H,19,20). The van der Waals surface area contributed by atoms with Gasteiger partial charge in [0.15, 0.2) is 0 Å². The number of carbonyl (C=O) groups is 2. The normalized spacial score (nSPS) is 9.95. The first kappa shape index (κ1) is 14.8. The molecular formula is C14H13ClN4O2. The fraction of sp³-hybridized carbons (Fsp3) is 0.0714. The Morgan fingerprint density at radius 3 is 2.48 bits per heavy atom. The lowest BCUT2D eigenvalue weighted by atomic mass is 10.2. The number of pyridine rings is 1. The molecule has 6 nitrogen and oxygen atoms in total. The Kier molecular flexibility index (Phi) is 4.73. The van der Waals surface area contributed by atoms with E-state index in [-0.39, 0.29) is 18.4 Å². The average molecular weight is 305 g/mol. The fourth-order valence-electron chi connectivity index (χ4n) is 1.55. The van der Waals surface area contributed by atoms with Crippen LogP contribution in [0.1, 0.15) is 10.4 Å². The van der Waals surface area contributed by atoms with Gasteiger partial charge in [-0.05, 0) is 36.4 Å². The number of nitrogens with zero attached hydrogens (tertiary/aromatic N) is 1. The van der Waals surface area contributed by atoms with Crippen LogP contribution in [0.2, 0.25) is 5.15 Å². The van der Waals surface area contributed by atoms with Gasteiger partial charge >= 0.3 is 0 Å². The second-order valence-corrected chi connectivity index (χ2v) is 4.61. The summed E-state index contributed by atoms with van der Waals surface area (Å²) < 4.78 is 0. The molecule has 0 aliphatic rings.